The van der Waals surface area contributed by atoms with Gasteiger partial charge in [0.05, 0.1) is 23.9 Å². The highest BCUT2D eigenvalue weighted by atomic mass is 19.1. The number of esters is 1. The summed E-state index contributed by atoms with van der Waals surface area (Å²) < 4.78 is 20.7. The molecule has 7 heteroatoms. The van der Waals surface area contributed by atoms with Crippen molar-refractivity contribution < 1.29 is 19.0 Å². The first-order chi connectivity index (χ1) is 14.4. The van der Waals surface area contributed by atoms with Crippen molar-refractivity contribution in [2.75, 3.05) is 0 Å². The summed E-state index contributed by atoms with van der Waals surface area (Å²) in [6.07, 6.45) is 4.66. The minimum Gasteiger partial charge on any atom is -0.458 e. The van der Waals surface area contributed by atoms with E-state index >= 15 is 0 Å². The maximum absolute atomic E-state index is 13.6. The van der Waals surface area contributed by atoms with E-state index in [1.54, 1.807) is 18.2 Å². The number of hydrogen-bond donors (Lipinski definition) is 2. The van der Waals surface area contributed by atoms with Gasteiger partial charge in [0, 0.05) is 23.7 Å². The zero-order valence-electron chi connectivity index (χ0n) is 16.9. The Morgan fingerprint density at radius 3 is 2.70 bits per heavy atom. The van der Waals surface area contributed by atoms with Gasteiger partial charge < -0.3 is 14.8 Å². The van der Waals surface area contributed by atoms with Crippen LogP contribution in [0.5, 0.6) is 0 Å². The molecule has 2 aromatic heterocycles. The van der Waals surface area contributed by atoms with Gasteiger partial charge in [-0.1, -0.05) is 19.9 Å². The Bertz CT molecular complexity index is 1050. The van der Waals surface area contributed by atoms with Gasteiger partial charge in [-0.25, -0.2) is 9.07 Å². The lowest BCUT2D eigenvalue weighted by Gasteiger charge is -2.23. The third-order valence-electron chi connectivity index (χ3n) is 5.09. The number of cyclic esters (lactones) is 1. The van der Waals surface area contributed by atoms with Crippen molar-refractivity contribution in [3.63, 3.8) is 0 Å². The van der Waals surface area contributed by atoms with Crippen LogP contribution in [0.1, 0.15) is 43.9 Å². The number of hydrogen-bond acceptors (Lipinski definition) is 4. The van der Waals surface area contributed by atoms with E-state index in [4.69, 9.17) is 9.84 Å². The Balaban J connectivity index is 1.84. The SMILES string of the molecule is CC(C)c1nn(-c2ccc[nH]2)c(-c2ccc(F)cc2)c1C=CC1CC(O)CC(=O)O1. The van der Waals surface area contributed by atoms with E-state index < -0.39 is 18.2 Å². The van der Waals surface area contributed by atoms with Gasteiger partial charge in [0.1, 0.15) is 17.7 Å². The number of aromatic nitrogens is 3. The maximum atomic E-state index is 13.6. The van der Waals surface area contributed by atoms with Crippen molar-refractivity contribution in [2.45, 2.75) is 44.8 Å². The number of nitrogens with one attached hydrogen (secondary N) is 1. The standard InChI is InChI=1S/C23H24FN3O3/c1-14(2)22-19(10-9-18-12-17(28)13-21(29)30-18)23(15-5-7-16(24)8-6-15)27(26-22)20-4-3-11-25-20/h3-11,14,17-18,25,28H,12-13H2,1-2H3. The van der Waals surface area contributed by atoms with Crippen molar-refractivity contribution >= 4 is 12.0 Å². The smallest absolute Gasteiger partial charge is 0.309 e. The Morgan fingerprint density at radius 1 is 1.30 bits per heavy atom. The summed E-state index contributed by atoms with van der Waals surface area (Å²) in [6, 6.07) is 10.1. The number of aliphatic hydroxyl groups excluding tert-OH is 1. The molecule has 0 amide bonds. The molecule has 3 aromatic rings. The van der Waals surface area contributed by atoms with E-state index in [2.05, 4.69) is 18.8 Å². The molecule has 0 aliphatic carbocycles. The predicted molar refractivity (Wildman–Crippen MR) is 112 cm³/mol. The second kappa shape index (κ2) is 8.28. The highest BCUT2D eigenvalue weighted by molar-refractivity contribution is 5.76. The number of rotatable bonds is 5. The van der Waals surface area contributed by atoms with Crippen molar-refractivity contribution in [1.82, 2.24) is 14.8 Å². The molecular formula is C23H24FN3O3. The molecule has 2 atom stereocenters. The summed E-state index contributed by atoms with van der Waals surface area (Å²) in [5.74, 6) is 0.192. The fourth-order valence-electron chi connectivity index (χ4n) is 3.68. The van der Waals surface area contributed by atoms with E-state index in [1.807, 2.05) is 29.1 Å². The fourth-order valence-corrected chi connectivity index (χ4v) is 3.68. The van der Waals surface area contributed by atoms with Gasteiger partial charge in [-0.05, 0) is 48.4 Å². The van der Waals surface area contributed by atoms with E-state index in [0.717, 1.165) is 28.3 Å². The topological polar surface area (TPSA) is 80.1 Å². The molecule has 1 fully saturated rings. The van der Waals surface area contributed by atoms with Crippen LogP contribution in [-0.2, 0) is 9.53 Å². The zero-order valence-corrected chi connectivity index (χ0v) is 16.9. The normalized spacial score (nSPS) is 19.6. The number of aliphatic hydroxyl groups is 1. The average Bonchev–Trinajstić information content (AvgIpc) is 3.34. The van der Waals surface area contributed by atoms with Gasteiger partial charge in [0.25, 0.3) is 0 Å². The maximum Gasteiger partial charge on any atom is 0.309 e. The number of carbonyl (C=O) groups excluding carboxylic acids is 1. The molecule has 0 spiro atoms. The molecule has 3 heterocycles. The quantitative estimate of drug-likeness (QED) is 0.619. The van der Waals surface area contributed by atoms with Crippen LogP contribution in [0.2, 0.25) is 0 Å². The van der Waals surface area contributed by atoms with Crippen molar-refractivity contribution in [1.29, 1.82) is 0 Å². The molecule has 2 N–H and O–H groups in total. The highest BCUT2D eigenvalue weighted by Crippen LogP contribution is 2.34. The number of benzene rings is 1. The summed E-state index contributed by atoms with van der Waals surface area (Å²) in [6.45, 7) is 4.11. The molecule has 1 aromatic carbocycles. The van der Waals surface area contributed by atoms with Crippen LogP contribution < -0.4 is 0 Å². The van der Waals surface area contributed by atoms with E-state index in [9.17, 15) is 14.3 Å². The summed E-state index contributed by atoms with van der Waals surface area (Å²) in [4.78, 5) is 14.8. The zero-order chi connectivity index (χ0) is 21.3. The molecule has 1 aliphatic heterocycles. The van der Waals surface area contributed by atoms with Crippen LogP contribution in [0.3, 0.4) is 0 Å². The first-order valence-electron chi connectivity index (χ1n) is 10.0. The minimum atomic E-state index is -0.705. The Labute approximate surface area is 174 Å². The minimum absolute atomic E-state index is 0.0210. The van der Waals surface area contributed by atoms with Gasteiger partial charge in [0.2, 0.25) is 0 Å². The lowest BCUT2D eigenvalue weighted by molar-refractivity contribution is -0.156. The molecule has 0 radical (unpaired) electrons. The summed E-state index contributed by atoms with van der Waals surface area (Å²) in [5, 5.41) is 14.7. The molecule has 1 saturated heterocycles. The summed E-state index contributed by atoms with van der Waals surface area (Å²) in [5.41, 5.74) is 3.34. The van der Waals surface area contributed by atoms with Crippen LogP contribution in [0.15, 0.2) is 48.7 Å². The second-order valence-electron chi connectivity index (χ2n) is 7.76. The monoisotopic (exact) mass is 409 g/mol. The van der Waals surface area contributed by atoms with Crippen molar-refractivity contribution in [2.24, 2.45) is 0 Å². The third kappa shape index (κ3) is 4.07. The molecular weight excluding hydrogens is 385 g/mol. The van der Waals surface area contributed by atoms with Crippen molar-refractivity contribution in [3.8, 4) is 17.1 Å². The third-order valence-corrected chi connectivity index (χ3v) is 5.09. The largest absolute Gasteiger partial charge is 0.458 e. The summed E-state index contributed by atoms with van der Waals surface area (Å²) >= 11 is 0. The van der Waals surface area contributed by atoms with Gasteiger partial charge in [-0.2, -0.15) is 5.10 Å². The molecule has 30 heavy (non-hydrogen) atoms. The molecule has 0 saturated carbocycles. The van der Waals surface area contributed by atoms with Gasteiger partial charge in [-0.15, -0.1) is 0 Å². The average molecular weight is 409 g/mol. The molecule has 6 nitrogen and oxygen atoms in total. The van der Waals surface area contributed by atoms with E-state index in [1.165, 1.54) is 12.1 Å². The van der Waals surface area contributed by atoms with Crippen LogP contribution in [-0.4, -0.2) is 38.0 Å². The van der Waals surface area contributed by atoms with E-state index in [0.29, 0.717) is 6.42 Å². The first-order valence-corrected chi connectivity index (χ1v) is 10.0. The Hall–Kier alpha value is -3.19. The van der Waals surface area contributed by atoms with E-state index in [-0.39, 0.29) is 18.2 Å². The first kappa shape index (κ1) is 20.1. The number of H-pyrrole nitrogens is 1. The number of ether oxygens (including phenoxy) is 1. The number of halogens is 1. The predicted octanol–water partition coefficient (Wildman–Crippen LogP) is 4.21. The summed E-state index contributed by atoms with van der Waals surface area (Å²) in [7, 11) is 0. The van der Waals surface area contributed by atoms with Gasteiger partial charge in [0.15, 0.2) is 0 Å². The fraction of sp³-hybridized carbons (Fsp3) is 0.304. The molecule has 1 aliphatic rings. The Morgan fingerprint density at radius 2 is 2.07 bits per heavy atom. The number of aromatic amines is 1. The van der Waals surface area contributed by atoms with Crippen LogP contribution in [0.4, 0.5) is 4.39 Å². The van der Waals surface area contributed by atoms with Crippen LogP contribution >= 0.6 is 0 Å². The molecule has 4 rings (SSSR count). The highest BCUT2D eigenvalue weighted by Gasteiger charge is 2.26. The lowest BCUT2D eigenvalue weighted by Crippen LogP contribution is -2.31. The molecule has 2 unspecified atom stereocenters. The van der Waals surface area contributed by atoms with Crippen molar-refractivity contribution in [3.05, 3.63) is 65.7 Å². The Kier molecular flexibility index (Phi) is 5.55. The van der Waals surface area contributed by atoms with Crippen LogP contribution in [0.25, 0.3) is 23.2 Å². The van der Waals surface area contributed by atoms with Gasteiger partial charge >= 0.3 is 5.97 Å². The second-order valence-corrected chi connectivity index (χ2v) is 7.76. The molecule has 0 bridgehead atoms. The molecule has 156 valence electrons. The lowest BCUT2D eigenvalue weighted by atomic mass is 9.98. The number of nitrogens with zero attached hydrogens (tertiary/aromatic N) is 2. The van der Waals surface area contributed by atoms with Gasteiger partial charge in [-0.3, -0.25) is 4.79 Å². The van der Waals surface area contributed by atoms with Crippen LogP contribution in [0, 0.1) is 5.82 Å². The number of carbonyl (C=O) groups is 1.